The predicted molar refractivity (Wildman–Crippen MR) is 61.8 cm³/mol. The lowest BCUT2D eigenvalue weighted by Gasteiger charge is -2.22. The van der Waals surface area contributed by atoms with Crippen LogP contribution in [0.5, 0.6) is 0 Å². The Kier molecular flexibility index (Phi) is 4.22. The summed E-state index contributed by atoms with van der Waals surface area (Å²) in [6, 6.07) is 0. The van der Waals surface area contributed by atoms with Gasteiger partial charge in [-0.3, -0.25) is 4.79 Å². The second kappa shape index (κ2) is 5.88. The smallest absolute Gasteiger partial charge is 0.184 e. The second-order valence-corrected chi connectivity index (χ2v) is 4.24. The fraction of sp³-hybridized carbons (Fsp3) is 0.727. The number of rotatable bonds is 5. The molecule has 1 aliphatic rings. The summed E-state index contributed by atoms with van der Waals surface area (Å²) >= 11 is 0. The zero-order valence-corrected chi connectivity index (χ0v) is 10.1. The van der Waals surface area contributed by atoms with Crippen molar-refractivity contribution in [2.45, 2.75) is 25.4 Å². The number of nitrogens with zero attached hydrogens (tertiary/aromatic N) is 3. The number of carbonyl (C=O) groups is 1. The van der Waals surface area contributed by atoms with Gasteiger partial charge in [0.2, 0.25) is 0 Å². The maximum atomic E-state index is 11.8. The highest BCUT2D eigenvalue weighted by molar-refractivity contribution is 5.94. The molecule has 0 aliphatic carbocycles. The van der Waals surface area contributed by atoms with E-state index in [2.05, 4.69) is 15.6 Å². The van der Waals surface area contributed by atoms with Crippen LogP contribution in [-0.4, -0.2) is 46.6 Å². The number of aromatic nitrogens is 3. The molecule has 0 bridgehead atoms. The SMILES string of the molecule is Cn1nncc1C(=O)CCOC1CCNCC1. The van der Waals surface area contributed by atoms with Gasteiger partial charge in [0.25, 0.3) is 0 Å². The monoisotopic (exact) mass is 238 g/mol. The van der Waals surface area contributed by atoms with E-state index in [4.69, 9.17) is 4.74 Å². The third kappa shape index (κ3) is 3.34. The number of carbonyl (C=O) groups excluding carboxylic acids is 1. The van der Waals surface area contributed by atoms with E-state index in [1.807, 2.05) is 0 Å². The fourth-order valence-electron chi connectivity index (χ4n) is 1.95. The summed E-state index contributed by atoms with van der Waals surface area (Å²) in [5, 5.41) is 10.7. The van der Waals surface area contributed by atoms with Crippen molar-refractivity contribution in [1.82, 2.24) is 20.3 Å². The van der Waals surface area contributed by atoms with Gasteiger partial charge in [0, 0.05) is 13.5 Å². The van der Waals surface area contributed by atoms with E-state index in [0.29, 0.717) is 24.8 Å². The first-order chi connectivity index (χ1) is 8.27. The van der Waals surface area contributed by atoms with Gasteiger partial charge in [0.1, 0.15) is 5.69 Å². The van der Waals surface area contributed by atoms with Gasteiger partial charge in [-0.05, 0) is 25.9 Å². The summed E-state index contributed by atoms with van der Waals surface area (Å²) in [4.78, 5) is 11.8. The predicted octanol–water partition coefficient (Wildman–Crippen LogP) is 0.156. The molecule has 6 nitrogen and oxygen atoms in total. The molecule has 1 saturated heterocycles. The summed E-state index contributed by atoms with van der Waals surface area (Å²) in [7, 11) is 1.72. The lowest BCUT2D eigenvalue weighted by molar-refractivity contribution is 0.0312. The van der Waals surface area contributed by atoms with Crippen molar-refractivity contribution in [3.8, 4) is 0 Å². The van der Waals surface area contributed by atoms with Gasteiger partial charge in [-0.1, -0.05) is 5.21 Å². The van der Waals surface area contributed by atoms with Gasteiger partial charge >= 0.3 is 0 Å². The highest BCUT2D eigenvalue weighted by Gasteiger charge is 2.15. The molecule has 0 spiro atoms. The van der Waals surface area contributed by atoms with Gasteiger partial charge in [-0.2, -0.15) is 0 Å². The molecule has 0 atom stereocenters. The molecule has 0 aromatic carbocycles. The first kappa shape index (κ1) is 12.2. The number of hydrogen-bond acceptors (Lipinski definition) is 5. The number of nitrogens with one attached hydrogen (secondary N) is 1. The topological polar surface area (TPSA) is 69.0 Å². The molecule has 2 heterocycles. The molecule has 0 unspecified atom stereocenters. The molecule has 1 aromatic heterocycles. The quantitative estimate of drug-likeness (QED) is 0.740. The van der Waals surface area contributed by atoms with E-state index in [1.165, 1.54) is 10.9 Å². The molecular formula is C11H18N4O2. The van der Waals surface area contributed by atoms with Crippen LogP contribution in [0.4, 0.5) is 0 Å². The largest absolute Gasteiger partial charge is 0.378 e. The van der Waals surface area contributed by atoms with Crippen molar-refractivity contribution in [2.24, 2.45) is 7.05 Å². The Labute approximate surface area is 100 Å². The molecule has 17 heavy (non-hydrogen) atoms. The summed E-state index contributed by atoms with van der Waals surface area (Å²) in [5.41, 5.74) is 0.541. The number of hydrogen-bond donors (Lipinski definition) is 1. The Morgan fingerprint density at radius 2 is 2.35 bits per heavy atom. The maximum Gasteiger partial charge on any atom is 0.184 e. The van der Waals surface area contributed by atoms with E-state index in [9.17, 15) is 4.79 Å². The van der Waals surface area contributed by atoms with Crippen molar-refractivity contribution < 1.29 is 9.53 Å². The van der Waals surface area contributed by atoms with Crippen LogP contribution in [0.15, 0.2) is 6.20 Å². The molecule has 0 radical (unpaired) electrons. The van der Waals surface area contributed by atoms with Crippen LogP contribution in [0.2, 0.25) is 0 Å². The zero-order valence-electron chi connectivity index (χ0n) is 10.1. The van der Waals surface area contributed by atoms with Crippen LogP contribution in [-0.2, 0) is 11.8 Å². The average molecular weight is 238 g/mol. The molecule has 0 amide bonds. The van der Waals surface area contributed by atoms with Crippen molar-refractivity contribution >= 4 is 5.78 Å². The summed E-state index contributed by atoms with van der Waals surface area (Å²) in [6.45, 7) is 2.49. The molecule has 6 heteroatoms. The molecule has 0 saturated carbocycles. The lowest BCUT2D eigenvalue weighted by Crippen LogP contribution is -2.32. The number of ether oxygens (including phenoxy) is 1. The van der Waals surface area contributed by atoms with Crippen molar-refractivity contribution in [3.63, 3.8) is 0 Å². The highest BCUT2D eigenvalue weighted by Crippen LogP contribution is 2.08. The number of aryl methyl sites for hydroxylation is 1. The number of Topliss-reactive ketones (excluding diaryl/α,β-unsaturated/α-hetero) is 1. The van der Waals surface area contributed by atoms with Crippen molar-refractivity contribution in [2.75, 3.05) is 19.7 Å². The van der Waals surface area contributed by atoms with Crippen LogP contribution in [0.25, 0.3) is 0 Å². The van der Waals surface area contributed by atoms with E-state index < -0.39 is 0 Å². The normalized spacial score (nSPS) is 17.2. The first-order valence-corrected chi connectivity index (χ1v) is 5.97. The minimum absolute atomic E-state index is 0.0337. The minimum Gasteiger partial charge on any atom is -0.378 e. The zero-order chi connectivity index (χ0) is 12.1. The maximum absolute atomic E-state index is 11.8. The molecule has 1 aromatic rings. The minimum atomic E-state index is 0.0337. The van der Waals surface area contributed by atoms with Crippen LogP contribution >= 0.6 is 0 Å². The van der Waals surface area contributed by atoms with E-state index in [0.717, 1.165) is 25.9 Å². The fourth-order valence-corrected chi connectivity index (χ4v) is 1.95. The van der Waals surface area contributed by atoms with Gasteiger partial charge in [-0.15, -0.1) is 5.10 Å². The Bertz CT molecular complexity index is 371. The van der Waals surface area contributed by atoms with E-state index >= 15 is 0 Å². The molecule has 1 aliphatic heterocycles. The summed E-state index contributed by atoms with van der Waals surface area (Å²) in [6.07, 6.45) is 4.25. The van der Waals surface area contributed by atoms with E-state index in [1.54, 1.807) is 7.05 Å². The molecule has 1 fully saturated rings. The average Bonchev–Trinajstić information content (AvgIpc) is 2.77. The van der Waals surface area contributed by atoms with Gasteiger partial charge in [0.05, 0.1) is 18.9 Å². The Morgan fingerprint density at radius 3 is 3.00 bits per heavy atom. The third-order valence-electron chi connectivity index (χ3n) is 2.97. The molecule has 94 valence electrons. The van der Waals surface area contributed by atoms with Gasteiger partial charge in [-0.25, -0.2) is 4.68 Å². The molecular weight excluding hydrogens is 220 g/mol. The number of ketones is 1. The molecule has 2 rings (SSSR count). The van der Waals surface area contributed by atoms with Crippen LogP contribution in [0.1, 0.15) is 29.8 Å². The second-order valence-electron chi connectivity index (χ2n) is 4.24. The van der Waals surface area contributed by atoms with Crippen molar-refractivity contribution in [1.29, 1.82) is 0 Å². The molecule has 1 N–H and O–H groups in total. The van der Waals surface area contributed by atoms with Gasteiger partial charge in [0.15, 0.2) is 5.78 Å². The Hall–Kier alpha value is -1.27. The Morgan fingerprint density at radius 1 is 1.59 bits per heavy atom. The van der Waals surface area contributed by atoms with Crippen LogP contribution in [0, 0.1) is 0 Å². The lowest BCUT2D eigenvalue weighted by atomic mass is 10.1. The number of piperidine rings is 1. The Balaban J connectivity index is 1.71. The standard InChI is InChI=1S/C11H18N4O2/c1-15-10(8-13-14-15)11(16)4-7-17-9-2-5-12-6-3-9/h8-9,12H,2-7H2,1H3. The van der Waals surface area contributed by atoms with Crippen LogP contribution < -0.4 is 5.32 Å². The van der Waals surface area contributed by atoms with E-state index in [-0.39, 0.29) is 5.78 Å². The summed E-state index contributed by atoms with van der Waals surface area (Å²) in [5.74, 6) is 0.0337. The first-order valence-electron chi connectivity index (χ1n) is 5.97. The van der Waals surface area contributed by atoms with Crippen molar-refractivity contribution in [3.05, 3.63) is 11.9 Å². The highest BCUT2D eigenvalue weighted by atomic mass is 16.5. The third-order valence-corrected chi connectivity index (χ3v) is 2.97. The summed E-state index contributed by atoms with van der Waals surface area (Å²) < 4.78 is 7.17. The van der Waals surface area contributed by atoms with Gasteiger partial charge < -0.3 is 10.1 Å². The van der Waals surface area contributed by atoms with Crippen LogP contribution in [0.3, 0.4) is 0 Å².